The molecule has 1 aromatic carbocycles. The number of hydrogen-bond donors (Lipinski definition) is 1. The molecule has 0 radical (unpaired) electrons. The van der Waals surface area contributed by atoms with E-state index in [-0.39, 0.29) is 11.4 Å². The van der Waals surface area contributed by atoms with E-state index in [4.69, 9.17) is 0 Å². The quantitative estimate of drug-likeness (QED) is 0.608. The van der Waals surface area contributed by atoms with Crippen LogP contribution in [0.25, 0.3) is 0 Å². The number of piperazine rings is 1. The molecule has 2 aromatic rings. The number of aromatic nitrogens is 2. The van der Waals surface area contributed by atoms with E-state index in [9.17, 15) is 23.8 Å². The lowest BCUT2D eigenvalue weighted by Crippen LogP contribution is -2.49. The molecule has 1 aliphatic heterocycles. The van der Waals surface area contributed by atoms with Crippen molar-refractivity contribution < 1.29 is 13.3 Å². The number of benzene rings is 1. The van der Waals surface area contributed by atoms with E-state index >= 15 is 0 Å². The summed E-state index contributed by atoms with van der Waals surface area (Å²) < 4.78 is 29.5. The molecule has 0 bridgehead atoms. The molecular formula is C15H16N6O4S. The number of rotatable bonds is 4. The molecule has 11 heteroatoms. The van der Waals surface area contributed by atoms with Crippen molar-refractivity contribution in [3.05, 3.63) is 52.1 Å². The zero-order valence-corrected chi connectivity index (χ0v) is 14.7. The van der Waals surface area contributed by atoms with E-state index in [1.165, 1.54) is 16.4 Å². The molecule has 3 rings (SSSR count). The highest BCUT2D eigenvalue weighted by Crippen LogP contribution is 2.32. The Morgan fingerprint density at radius 1 is 1.46 bits per heavy atom. The van der Waals surface area contributed by atoms with Gasteiger partial charge in [-0.1, -0.05) is 6.07 Å². The fourth-order valence-electron chi connectivity index (χ4n) is 3.02. The summed E-state index contributed by atoms with van der Waals surface area (Å²) in [6.07, 6.45) is 3.28. The first-order valence-corrected chi connectivity index (χ1v) is 9.19. The van der Waals surface area contributed by atoms with E-state index < -0.39 is 32.2 Å². The van der Waals surface area contributed by atoms with Gasteiger partial charge in [-0.05, 0) is 6.07 Å². The number of nitrogens with one attached hydrogen (secondary N) is 1. The lowest BCUT2D eigenvalue weighted by atomic mass is 10.2. The summed E-state index contributed by atoms with van der Waals surface area (Å²) >= 11 is 0. The number of imidazole rings is 1. The van der Waals surface area contributed by atoms with Gasteiger partial charge < -0.3 is 9.88 Å². The third kappa shape index (κ3) is 2.94. The summed E-state index contributed by atoms with van der Waals surface area (Å²) in [6.45, 7) is 0.936. The first-order valence-electron chi connectivity index (χ1n) is 7.75. The smallest absolute Gasteiger partial charge is 0.288 e. The van der Waals surface area contributed by atoms with Crippen LogP contribution < -0.4 is 5.32 Å². The number of nitro groups is 1. The molecule has 136 valence electrons. The van der Waals surface area contributed by atoms with E-state index in [0.29, 0.717) is 18.9 Å². The van der Waals surface area contributed by atoms with Crippen molar-refractivity contribution in [1.29, 1.82) is 5.26 Å². The Morgan fingerprint density at radius 2 is 2.23 bits per heavy atom. The second-order valence-corrected chi connectivity index (χ2v) is 7.61. The summed E-state index contributed by atoms with van der Waals surface area (Å²) in [7, 11) is -2.38. The minimum absolute atomic E-state index is 0.160. The van der Waals surface area contributed by atoms with Crippen molar-refractivity contribution in [1.82, 2.24) is 19.2 Å². The standard InChI is InChI=1S/C15H16N6O4S/c1-19-7-6-18-15(19)13-10-17-5-8-20(13)26(24,25)14-4-2-3-12(21(22)23)11(14)9-16/h2-4,6-7,13,17H,5,8,10H2,1H3. The van der Waals surface area contributed by atoms with E-state index in [0.717, 1.165) is 6.07 Å². The lowest BCUT2D eigenvalue weighted by Gasteiger charge is -2.34. The van der Waals surface area contributed by atoms with Crippen LogP contribution in [0.1, 0.15) is 17.4 Å². The van der Waals surface area contributed by atoms with Crippen molar-refractivity contribution in [3.63, 3.8) is 0 Å². The number of aryl methyl sites for hydroxylation is 1. The van der Waals surface area contributed by atoms with Crippen LogP contribution in [-0.2, 0) is 17.1 Å². The van der Waals surface area contributed by atoms with Crippen LogP contribution in [-0.4, -0.2) is 46.8 Å². The Bertz CT molecular complexity index is 994. The predicted octanol–water partition coefficient (Wildman–Crippen LogP) is 0.535. The maximum atomic E-state index is 13.2. The summed E-state index contributed by atoms with van der Waals surface area (Å²) in [6, 6.07) is 4.69. The molecule has 1 unspecified atom stereocenters. The van der Waals surface area contributed by atoms with Crippen LogP contribution >= 0.6 is 0 Å². The van der Waals surface area contributed by atoms with E-state index in [1.54, 1.807) is 30.1 Å². The molecule has 1 N–H and O–H groups in total. The fourth-order valence-corrected chi connectivity index (χ4v) is 4.76. The van der Waals surface area contributed by atoms with E-state index in [1.807, 2.05) is 0 Å². The minimum Gasteiger partial charge on any atom is -0.337 e. The Labute approximate surface area is 149 Å². The summed E-state index contributed by atoms with van der Waals surface area (Å²) in [4.78, 5) is 14.3. The van der Waals surface area contributed by atoms with Crippen LogP contribution in [0, 0.1) is 21.4 Å². The zero-order chi connectivity index (χ0) is 18.9. The second-order valence-electron chi connectivity index (χ2n) is 5.75. The van der Waals surface area contributed by atoms with Gasteiger partial charge in [0.2, 0.25) is 10.0 Å². The summed E-state index contributed by atoms with van der Waals surface area (Å²) in [5, 5.41) is 23.6. The topological polar surface area (TPSA) is 134 Å². The van der Waals surface area contributed by atoms with Gasteiger partial charge in [-0.25, -0.2) is 13.4 Å². The average Bonchev–Trinajstić information content (AvgIpc) is 3.06. The molecule has 10 nitrogen and oxygen atoms in total. The Hall–Kier alpha value is -2.81. The van der Waals surface area contributed by atoms with Gasteiger partial charge in [0.25, 0.3) is 5.69 Å². The van der Waals surface area contributed by atoms with Crippen molar-refractivity contribution in [2.24, 2.45) is 7.05 Å². The minimum atomic E-state index is -4.14. The molecule has 1 saturated heterocycles. The molecule has 0 spiro atoms. The predicted molar refractivity (Wildman–Crippen MR) is 90.5 cm³/mol. The highest BCUT2D eigenvalue weighted by molar-refractivity contribution is 7.89. The largest absolute Gasteiger partial charge is 0.337 e. The van der Waals surface area contributed by atoms with Gasteiger partial charge in [0.15, 0.2) is 0 Å². The second kappa shape index (κ2) is 6.83. The molecule has 0 aliphatic carbocycles. The SMILES string of the molecule is Cn1ccnc1C1CNCCN1S(=O)(=O)c1cccc([N+](=O)[O-])c1C#N. The van der Waals surface area contributed by atoms with Crippen molar-refractivity contribution in [2.75, 3.05) is 19.6 Å². The Morgan fingerprint density at radius 3 is 2.85 bits per heavy atom. The first kappa shape index (κ1) is 18.0. The summed E-state index contributed by atoms with van der Waals surface area (Å²) in [5.41, 5.74) is -0.994. The van der Waals surface area contributed by atoms with Crippen LogP contribution in [0.4, 0.5) is 5.69 Å². The maximum Gasteiger partial charge on any atom is 0.288 e. The van der Waals surface area contributed by atoms with Crippen LogP contribution in [0.3, 0.4) is 0 Å². The maximum absolute atomic E-state index is 13.2. The van der Waals surface area contributed by atoms with Gasteiger partial charge in [-0.2, -0.15) is 9.57 Å². The third-order valence-electron chi connectivity index (χ3n) is 4.25. The number of hydrogen-bond acceptors (Lipinski definition) is 7. The molecule has 1 atom stereocenters. The van der Waals surface area contributed by atoms with Crippen LogP contribution in [0.5, 0.6) is 0 Å². The molecule has 1 aromatic heterocycles. The van der Waals surface area contributed by atoms with Crippen molar-refractivity contribution >= 4 is 15.7 Å². The van der Waals surface area contributed by atoms with Gasteiger partial charge in [-0.3, -0.25) is 10.1 Å². The first-order chi connectivity index (χ1) is 12.4. The van der Waals surface area contributed by atoms with Crippen molar-refractivity contribution in [2.45, 2.75) is 10.9 Å². The van der Waals surface area contributed by atoms with Gasteiger partial charge in [0, 0.05) is 45.1 Å². The molecule has 0 amide bonds. The molecule has 26 heavy (non-hydrogen) atoms. The third-order valence-corrected chi connectivity index (χ3v) is 6.20. The highest BCUT2D eigenvalue weighted by Gasteiger charge is 2.38. The number of nitriles is 1. The fraction of sp³-hybridized carbons (Fsp3) is 0.333. The Balaban J connectivity index is 2.13. The van der Waals surface area contributed by atoms with Crippen LogP contribution in [0.2, 0.25) is 0 Å². The van der Waals surface area contributed by atoms with Gasteiger partial charge in [0.1, 0.15) is 22.4 Å². The van der Waals surface area contributed by atoms with Gasteiger partial charge >= 0.3 is 0 Å². The summed E-state index contributed by atoms with van der Waals surface area (Å²) in [5.74, 6) is 0.546. The molecule has 1 aliphatic rings. The average molecular weight is 376 g/mol. The number of nitro benzene ring substituents is 1. The Kier molecular flexibility index (Phi) is 4.73. The molecular weight excluding hydrogens is 360 g/mol. The number of sulfonamides is 1. The van der Waals surface area contributed by atoms with Gasteiger partial charge in [-0.15, -0.1) is 0 Å². The monoisotopic (exact) mass is 376 g/mol. The molecule has 0 saturated carbocycles. The number of nitrogens with zero attached hydrogens (tertiary/aromatic N) is 5. The highest BCUT2D eigenvalue weighted by atomic mass is 32.2. The van der Waals surface area contributed by atoms with E-state index in [2.05, 4.69) is 10.3 Å². The zero-order valence-electron chi connectivity index (χ0n) is 13.9. The van der Waals surface area contributed by atoms with Crippen molar-refractivity contribution in [3.8, 4) is 6.07 Å². The van der Waals surface area contributed by atoms with Gasteiger partial charge in [0.05, 0.1) is 11.0 Å². The lowest BCUT2D eigenvalue weighted by molar-refractivity contribution is -0.385. The molecule has 1 fully saturated rings. The van der Waals surface area contributed by atoms with Crippen LogP contribution in [0.15, 0.2) is 35.5 Å². The molecule has 2 heterocycles. The normalized spacial score (nSPS) is 18.4.